The number of likely N-dealkylation sites (tertiary alicyclic amines) is 1. The first-order valence-corrected chi connectivity index (χ1v) is 13.6. The smallest absolute Gasteiger partial charge is 0.250 e. The van der Waals surface area contributed by atoms with Crippen LogP contribution in [0.5, 0.6) is 0 Å². The summed E-state index contributed by atoms with van der Waals surface area (Å²) in [5, 5.41) is 6.76. The highest BCUT2D eigenvalue weighted by Gasteiger charge is 2.27. The third-order valence-corrected chi connectivity index (χ3v) is 8.72. The number of nitrogens with zero attached hydrogens (tertiary/aromatic N) is 1. The fourth-order valence-corrected chi connectivity index (χ4v) is 6.88. The van der Waals surface area contributed by atoms with Gasteiger partial charge in [-0.1, -0.05) is 24.3 Å². The summed E-state index contributed by atoms with van der Waals surface area (Å²) in [7, 11) is 0. The number of amides is 1. The molecule has 1 atom stereocenters. The van der Waals surface area contributed by atoms with Crippen LogP contribution in [-0.4, -0.2) is 35.4 Å². The number of carbonyl (C=O) groups is 1. The summed E-state index contributed by atoms with van der Waals surface area (Å²) in [6.45, 7) is 4.13. The zero-order chi connectivity index (χ0) is 23.8. The average molecular weight is 485 g/mol. The predicted octanol–water partition coefficient (Wildman–Crippen LogP) is 5.80. The number of hydrogen-bond acceptors (Lipinski definition) is 4. The van der Waals surface area contributed by atoms with Gasteiger partial charge in [-0.05, 0) is 103 Å². The largest absolute Gasteiger partial charge is 0.366 e. The summed E-state index contributed by atoms with van der Waals surface area (Å²) in [6, 6.07) is 17.9. The van der Waals surface area contributed by atoms with Crippen molar-refractivity contribution in [1.29, 1.82) is 0 Å². The van der Waals surface area contributed by atoms with Crippen LogP contribution in [0.2, 0.25) is 0 Å². The van der Waals surface area contributed by atoms with Gasteiger partial charge in [0.15, 0.2) is 0 Å². The number of aromatic amines is 1. The number of nitrogens with two attached hydrogens (primary N) is 1. The molecular formula is C29H32N4OS. The molecule has 0 radical (unpaired) electrons. The van der Waals surface area contributed by atoms with Crippen LogP contribution in [0.25, 0.3) is 22.0 Å². The molecule has 1 unspecified atom stereocenters. The van der Waals surface area contributed by atoms with Gasteiger partial charge in [-0.3, -0.25) is 9.69 Å². The molecule has 6 rings (SSSR count). The zero-order valence-corrected chi connectivity index (χ0v) is 20.7. The van der Waals surface area contributed by atoms with E-state index in [4.69, 9.17) is 5.73 Å². The van der Waals surface area contributed by atoms with Gasteiger partial charge < -0.3 is 16.0 Å². The van der Waals surface area contributed by atoms with Crippen molar-refractivity contribution in [2.75, 3.05) is 19.6 Å². The van der Waals surface area contributed by atoms with E-state index in [1.54, 1.807) is 0 Å². The highest BCUT2D eigenvalue weighted by Crippen LogP contribution is 2.38. The van der Waals surface area contributed by atoms with Crippen molar-refractivity contribution in [2.45, 2.75) is 44.2 Å². The Morgan fingerprint density at radius 2 is 1.94 bits per heavy atom. The molecule has 2 aliphatic heterocycles. The Hall–Kier alpha value is -2.93. The molecule has 35 heavy (non-hydrogen) atoms. The van der Waals surface area contributed by atoms with Crippen LogP contribution in [0.4, 0.5) is 0 Å². The highest BCUT2D eigenvalue weighted by atomic mass is 32.1. The van der Waals surface area contributed by atoms with Crippen LogP contribution in [-0.2, 0) is 6.54 Å². The first kappa shape index (κ1) is 22.5. The first-order chi connectivity index (χ1) is 17.2. The van der Waals surface area contributed by atoms with Crippen molar-refractivity contribution in [2.24, 2.45) is 5.73 Å². The normalized spacial score (nSPS) is 19.5. The number of hydrogen-bond donors (Lipinski definition) is 3. The van der Waals surface area contributed by atoms with Gasteiger partial charge in [0.2, 0.25) is 0 Å². The fourth-order valence-electron chi connectivity index (χ4n) is 5.99. The quantitative estimate of drug-likeness (QED) is 0.324. The molecule has 0 aliphatic carbocycles. The maximum absolute atomic E-state index is 12.4. The number of benzene rings is 2. The molecule has 4 aromatic rings. The van der Waals surface area contributed by atoms with E-state index in [1.807, 2.05) is 17.4 Å². The number of H-pyrrole nitrogens is 1. The molecule has 2 aliphatic rings. The van der Waals surface area contributed by atoms with Gasteiger partial charge in [0.05, 0.1) is 11.1 Å². The minimum atomic E-state index is -0.387. The molecule has 4 heterocycles. The van der Waals surface area contributed by atoms with Crippen molar-refractivity contribution >= 4 is 28.1 Å². The summed E-state index contributed by atoms with van der Waals surface area (Å²) in [6.07, 6.45) is 6.78. The van der Waals surface area contributed by atoms with Crippen LogP contribution in [0, 0.1) is 0 Å². The van der Waals surface area contributed by atoms with Gasteiger partial charge in [-0.2, -0.15) is 0 Å². The molecule has 2 aromatic heterocycles. The standard InChI is InChI=1S/C29H32N4OS/c30-29(34)24-16-22(15-23-25(17-32-28(23)24)20-8-10-31-11-9-20)21-5-1-4-19(14-21)18-33-12-2-6-26(33)27-7-3-13-35-27/h1,3-5,7,13-17,20,26,31-32H,2,6,8-12,18H2,(H2,30,34). The SMILES string of the molecule is NC(=O)c1cc(-c2cccc(CN3CCCC3c3cccs3)c2)cc2c(C3CCNCC3)c[nH]c12. The van der Waals surface area contributed by atoms with Gasteiger partial charge in [0.1, 0.15) is 0 Å². The van der Waals surface area contributed by atoms with E-state index < -0.39 is 0 Å². The van der Waals surface area contributed by atoms with Crippen molar-refractivity contribution in [1.82, 2.24) is 15.2 Å². The van der Waals surface area contributed by atoms with Crippen LogP contribution in [0.3, 0.4) is 0 Å². The average Bonchev–Trinajstić information content (AvgIpc) is 3.65. The van der Waals surface area contributed by atoms with Crippen molar-refractivity contribution in [3.8, 4) is 11.1 Å². The zero-order valence-electron chi connectivity index (χ0n) is 19.9. The van der Waals surface area contributed by atoms with Gasteiger partial charge in [-0.25, -0.2) is 0 Å². The number of carbonyl (C=O) groups excluding carboxylic acids is 1. The molecule has 4 N–H and O–H groups in total. The lowest BCUT2D eigenvalue weighted by Gasteiger charge is -2.24. The number of aromatic nitrogens is 1. The lowest BCUT2D eigenvalue weighted by atomic mass is 9.88. The Labute approximate surface area is 210 Å². The Kier molecular flexibility index (Phi) is 6.19. The Balaban J connectivity index is 1.35. The van der Waals surface area contributed by atoms with Crippen molar-refractivity contribution in [3.63, 3.8) is 0 Å². The van der Waals surface area contributed by atoms with Crippen molar-refractivity contribution < 1.29 is 4.79 Å². The monoisotopic (exact) mass is 484 g/mol. The number of piperidine rings is 1. The van der Waals surface area contributed by atoms with E-state index in [9.17, 15) is 4.79 Å². The molecule has 0 spiro atoms. The van der Waals surface area contributed by atoms with Gasteiger partial charge in [-0.15, -0.1) is 11.3 Å². The molecule has 2 fully saturated rings. The predicted molar refractivity (Wildman–Crippen MR) is 144 cm³/mol. The van der Waals surface area contributed by atoms with Crippen LogP contribution in [0.15, 0.2) is 60.1 Å². The summed E-state index contributed by atoms with van der Waals surface area (Å²) in [5.74, 6) is 0.110. The molecule has 6 heteroatoms. The molecule has 180 valence electrons. The maximum Gasteiger partial charge on any atom is 0.250 e. The van der Waals surface area contributed by atoms with Crippen LogP contribution in [0.1, 0.15) is 64.0 Å². The number of thiophene rings is 1. The topological polar surface area (TPSA) is 74.2 Å². The summed E-state index contributed by atoms with van der Waals surface area (Å²) in [5.41, 5.74) is 12.1. The van der Waals surface area contributed by atoms with E-state index in [-0.39, 0.29) is 5.91 Å². The number of rotatable bonds is 6. The highest BCUT2D eigenvalue weighted by molar-refractivity contribution is 7.10. The maximum atomic E-state index is 12.4. The van der Waals surface area contributed by atoms with Gasteiger partial charge in [0.25, 0.3) is 5.91 Å². The summed E-state index contributed by atoms with van der Waals surface area (Å²) in [4.78, 5) is 19.8. The molecule has 0 saturated carbocycles. The van der Waals surface area contributed by atoms with Gasteiger partial charge >= 0.3 is 0 Å². The molecule has 2 saturated heterocycles. The molecule has 2 aromatic carbocycles. The van der Waals surface area contributed by atoms with Crippen LogP contribution < -0.4 is 11.1 Å². The third-order valence-electron chi connectivity index (χ3n) is 7.75. The van der Waals surface area contributed by atoms with E-state index in [0.717, 1.165) is 61.1 Å². The number of nitrogens with one attached hydrogen (secondary N) is 2. The molecule has 0 bridgehead atoms. The molecule has 1 amide bonds. The van der Waals surface area contributed by atoms with Crippen molar-refractivity contribution in [3.05, 3.63) is 81.7 Å². The minimum Gasteiger partial charge on any atom is -0.366 e. The van der Waals surface area contributed by atoms with E-state index >= 15 is 0 Å². The first-order valence-electron chi connectivity index (χ1n) is 12.7. The Bertz CT molecular complexity index is 1340. The van der Waals surface area contributed by atoms with E-state index in [2.05, 4.69) is 69.2 Å². The van der Waals surface area contributed by atoms with E-state index in [0.29, 0.717) is 17.5 Å². The molecular weight excluding hydrogens is 452 g/mol. The summed E-state index contributed by atoms with van der Waals surface area (Å²) < 4.78 is 0. The lowest BCUT2D eigenvalue weighted by molar-refractivity contribution is 0.100. The second-order valence-corrected chi connectivity index (χ2v) is 10.9. The molecule has 5 nitrogen and oxygen atoms in total. The Morgan fingerprint density at radius 3 is 2.74 bits per heavy atom. The number of fused-ring (bicyclic) bond motifs is 1. The second kappa shape index (κ2) is 9.61. The summed E-state index contributed by atoms with van der Waals surface area (Å²) >= 11 is 1.86. The van der Waals surface area contributed by atoms with E-state index in [1.165, 1.54) is 28.8 Å². The Morgan fingerprint density at radius 1 is 1.06 bits per heavy atom. The van der Waals surface area contributed by atoms with Crippen LogP contribution >= 0.6 is 11.3 Å². The lowest BCUT2D eigenvalue weighted by Crippen LogP contribution is -2.26. The number of primary amides is 1. The minimum absolute atomic E-state index is 0.387. The fraction of sp³-hybridized carbons (Fsp3) is 0.345. The second-order valence-electron chi connectivity index (χ2n) is 9.92. The van der Waals surface area contributed by atoms with Gasteiger partial charge in [0, 0.05) is 29.0 Å². The third kappa shape index (κ3) is 4.42.